The normalized spacial score (nSPS) is 10.1. The maximum Gasteiger partial charge on any atom is 0.257 e. The van der Waals surface area contributed by atoms with Gasteiger partial charge in [-0.15, -0.1) is 5.10 Å². The van der Waals surface area contributed by atoms with Crippen LogP contribution in [0.15, 0.2) is 18.2 Å². The lowest BCUT2D eigenvalue weighted by Gasteiger charge is -2.10. The van der Waals surface area contributed by atoms with Crippen LogP contribution in [0.2, 0.25) is 0 Å². The predicted octanol–water partition coefficient (Wildman–Crippen LogP) is 3.37. The number of nitriles is 1. The fourth-order valence-corrected chi connectivity index (χ4v) is 1.81. The van der Waals surface area contributed by atoms with Crippen LogP contribution in [0, 0.1) is 39.0 Å². The van der Waals surface area contributed by atoms with Gasteiger partial charge in [0.15, 0.2) is 0 Å². The zero-order chi connectivity index (χ0) is 14.0. The van der Waals surface area contributed by atoms with Crippen molar-refractivity contribution in [2.75, 3.05) is 0 Å². The monoisotopic (exact) mass is 253 g/mol. The molecule has 0 spiro atoms. The Morgan fingerprint density at radius 3 is 2.47 bits per heavy atom. The van der Waals surface area contributed by atoms with Crippen LogP contribution >= 0.6 is 0 Å². The van der Waals surface area contributed by atoms with Gasteiger partial charge in [0.05, 0.1) is 5.69 Å². The summed E-state index contributed by atoms with van der Waals surface area (Å²) in [6.07, 6.45) is 0. The van der Waals surface area contributed by atoms with E-state index < -0.39 is 0 Å². The fraction of sp³-hybridized carbons (Fsp3) is 0.267. The van der Waals surface area contributed by atoms with E-state index in [2.05, 4.69) is 16.3 Å². The molecule has 0 atom stereocenters. The third-order valence-electron chi connectivity index (χ3n) is 3.07. The molecule has 0 N–H and O–H groups in total. The lowest BCUT2D eigenvalue weighted by atomic mass is 10.1. The van der Waals surface area contributed by atoms with Crippen molar-refractivity contribution in [3.63, 3.8) is 0 Å². The molecular weight excluding hydrogens is 238 g/mol. The number of aryl methyl sites for hydroxylation is 3. The number of hydrogen-bond acceptors (Lipinski definition) is 4. The van der Waals surface area contributed by atoms with Gasteiger partial charge in [0.1, 0.15) is 17.4 Å². The van der Waals surface area contributed by atoms with Crippen molar-refractivity contribution in [3.05, 3.63) is 46.1 Å². The molecule has 19 heavy (non-hydrogen) atoms. The number of benzene rings is 1. The Labute approximate surface area is 112 Å². The first kappa shape index (κ1) is 13.0. The van der Waals surface area contributed by atoms with Gasteiger partial charge in [-0.2, -0.15) is 10.4 Å². The summed E-state index contributed by atoms with van der Waals surface area (Å²) in [6.45, 7) is 7.65. The highest BCUT2D eigenvalue weighted by atomic mass is 16.5. The van der Waals surface area contributed by atoms with E-state index in [1.54, 1.807) is 0 Å². The molecule has 0 bridgehead atoms. The van der Waals surface area contributed by atoms with Crippen LogP contribution in [0.1, 0.15) is 27.9 Å². The average molecular weight is 253 g/mol. The summed E-state index contributed by atoms with van der Waals surface area (Å²) in [6, 6.07) is 7.99. The molecule has 4 nitrogen and oxygen atoms in total. The highest BCUT2D eigenvalue weighted by Crippen LogP contribution is 2.28. The van der Waals surface area contributed by atoms with Crippen molar-refractivity contribution < 1.29 is 4.74 Å². The van der Waals surface area contributed by atoms with Crippen molar-refractivity contribution >= 4 is 0 Å². The molecule has 2 rings (SSSR count). The zero-order valence-electron chi connectivity index (χ0n) is 11.5. The second-order valence-corrected chi connectivity index (χ2v) is 4.57. The van der Waals surface area contributed by atoms with Gasteiger partial charge in [0, 0.05) is 0 Å². The van der Waals surface area contributed by atoms with Crippen molar-refractivity contribution in [2.45, 2.75) is 27.7 Å². The van der Waals surface area contributed by atoms with Gasteiger partial charge in [-0.05, 0) is 44.9 Å². The molecular formula is C15H15N3O. The largest absolute Gasteiger partial charge is 0.436 e. The molecule has 1 heterocycles. The highest BCUT2D eigenvalue weighted by Gasteiger charge is 2.13. The Balaban J connectivity index is 2.44. The Hall–Kier alpha value is -2.41. The summed E-state index contributed by atoms with van der Waals surface area (Å²) in [7, 11) is 0. The zero-order valence-corrected chi connectivity index (χ0v) is 11.5. The van der Waals surface area contributed by atoms with E-state index in [9.17, 15) is 5.26 Å². The van der Waals surface area contributed by atoms with E-state index >= 15 is 0 Å². The standard InChI is InChI=1S/C15H15N3O/c1-9-5-6-14(10(2)7-9)19-15-13(8-16)11(3)12(4)17-18-15/h5-7H,1-4H3. The average Bonchev–Trinajstić information content (AvgIpc) is 2.37. The Bertz CT molecular complexity index is 672. The molecule has 0 amide bonds. The van der Waals surface area contributed by atoms with Gasteiger partial charge >= 0.3 is 0 Å². The third kappa shape index (κ3) is 2.55. The second-order valence-electron chi connectivity index (χ2n) is 4.57. The first-order valence-corrected chi connectivity index (χ1v) is 6.02. The number of ether oxygens (including phenoxy) is 1. The van der Waals surface area contributed by atoms with Gasteiger partial charge in [-0.3, -0.25) is 0 Å². The molecule has 96 valence electrons. The van der Waals surface area contributed by atoms with Gasteiger partial charge in [0.2, 0.25) is 0 Å². The second kappa shape index (κ2) is 5.07. The minimum atomic E-state index is 0.262. The Morgan fingerprint density at radius 2 is 1.84 bits per heavy atom. The number of aromatic nitrogens is 2. The van der Waals surface area contributed by atoms with Crippen LogP contribution < -0.4 is 4.74 Å². The molecule has 0 aliphatic heterocycles. The summed E-state index contributed by atoms with van der Waals surface area (Å²) >= 11 is 0. The fourth-order valence-electron chi connectivity index (χ4n) is 1.81. The van der Waals surface area contributed by atoms with Crippen LogP contribution in [0.25, 0.3) is 0 Å². The van der Waals surface area contributed by atoms with Crippen LogP contribution in [0.4, 0.5) is 0 Å². The quantitative estimate of drug-likeness (QED) is 0.823. The molecule has 0 saturated heterocycles. The summed E-state index contributed by atoms with van der Waals surface area (Å²) in [5.74, 6) is 0.956. The first-order chi connectivity index (χ1) is 9.02. The lowest BCUT2D eigenvalue weighted by molar-refractivity contribution is 0.448. The Morgan fingerprint density at radius 1 is 1.11 bits per heavy atom. The maximum absolute atomic E-state index is 9.22. The van der Waals surface area contributed by atoms with Gasteiger partial charge in [0.25, 0.3) is 5.88 Å². The molecule has 0 radical (unpaired) electrons. The van der Waals surface area contributed by atoms with Crippen LogP contribution in [-0.2, 0) is 0 Å². The summed E-state index contributed by atoms with van der Waals surface area (Å²) in [5.41, 5.74) is 4.15. The SMILES string of the molecule is Cc1ccc(Oc2nnc(C)c(C)c2C#N)c(C)c1. The van der Waals surface area contributed by atoms with Crippen LogP contribution in [-0.4, -0.2) is 10.2 Å². The van der Waals surface area contributed by atoms with Gasteiger partial charge in [-0.1, -0.05) is 17.7 Å². The minimum Gasteiger partial charge on any atom is -0.436 e. The van der Waals surface area contributed by atoms with Crippen molar-refractivity contribution in [1.82, 2.24) is 10.2 Å². The predicted molar refractivity (Wildman–Crippen MR) is 72.2 cm³/mol. The minimum absolute atomic E-state index is 0.262. The van der Waals surface area contributed by atoms with E-state index in [1.807, 2.05) is 45.9 Å². The van der Waals surface area contributed by atoms with E-state index in [-0.39, 0.29) is 5.88 Å². The molecule has 2 aromatic rings. The number of hydrogen-bond donors (Lipinski definition) is 0. The molecule has 0 saturated carbocycles. The highest BCUT2D eigenvalue weighted by molar-refractivity contribution is 5.47. The van der Waals surface area contributed by atoms with E-state index in [0.717, 1.165) is 22.4 Å². The molecule has 0 aliphatic carbocycles. The van der Waals surface area contributed by atoms with Crippen molar-refractivity contribution in [1.29, 1.82) is 5.26 Å². The van der Waals surface area contributed by atoms with Crippen molar-refractivity contribution in [3.8, 4) is 17.7 Å². The molecule has 0 aliphatic rings. The molecule has 4 heteroatoms. The summed E-state index contributed by atoms with van der Waals surface area (Å²) in [5, 5.41) is 17.2. The van der Waals surface area contributed by atoms with E-state index in [0.29, 0.717) is 11.3 Å². The number of rotatable bonds is 2. The van der Waals surface area contributed by atoms with Gasteiger partial charge < -0.3 is 4.74 Å². The molecule has 1 aromatic heterocycles. The first-order valence-electron chi connectivity index (χ1n) is 6.02. The summed E-state index contributed by atoms with van der Waals surface area (Å²) in [4.78, 5) is 0. The van der Waals surface area contributed by atoms with Crippen molar-refractivity contribution in [2.24, 2.45) is 0 Å². The van der Waals surface area contributed by atoms with E-state index in [1.165, 1.54) is 0 Å². The van der Waals surface area contributed by atoms with Crippen LogP contribution in [0.5, 0.6) is 11.6 Å². The topological polar surface area (TPSA) is 58.8 Å². The van der Waals surface area contributed by atoms with Gasteiger partial charge in [-0.25, -0.2) is 0 Å². The molecule has 1 aromatic carbocycles. The third-order valence-corrected chi connectivity index (χ3v) is 3.07. The molecule has 0 unspecified atom stereocenters. The molecule has 0 fully saturated rings. The number of nitrogens with zero attached hydrogens (tertiary/aromatic N) is 3. The van der Waals surface area contributed by atoms with E-state index in [4.69, 9.17) is 4.74 Å². The smallest absolute Gasteiger partial charge is 0.257 e. The van der Waals surface area contributed by atoms with Crippen LogP contribution in [0.3, 0.4) is 0 Å². The Kier molecular flexibility index (Phi) is 3.48. The maximum atomic E-state index is 9.22. The lowest BCUT2D eigenvalue weighted by Crippen LogP contribution is -2.01. The summed E-state index contributed by atoms with van der Waals surface area (Å²) < 4.78 is 5.73.